The highest BCUT2D eigenvalue weighted by molar-refractivity contribution is 5.95. The number of hydrazine groups is 1. The van der Waals surface area contributed by atoms with Crippen molar-refractivity contribution in [2.75, 3.05) is 6.61 Å². The van der Waals surface area contributed by atoms with E-state index in [1.165, 1.54) is 11.6 Å². The minimum absolute atomic E-state index is 0.411. The van der Waals surface area contributed by atoms with Crippen LogP contribution in [0.1, 0.15) is 46.8 Å². The number of rotatable bonds is 6. The quantitative estimate of drug-likeness (QED) is 0.458. The second-order valence-electron chi connectivity index (χ2n) is 6.63. The first-order chi connectivity index (χ1) is 13.3. The van der Waals surface area contributed by atoms with Crippen molar-refractivity contribution in [3.63, 3.8) is 0 Å². The lowest BCUT2D eigenvalue weighted by atomic mass is 10.0. The molecule has 0 fully saturated rings. The highest BCUT2D eigenvalue weighted by Gasteiger charge is 2.08. The molecular formula is C22H24N2O4. The maximum absolute atomic E-state index is 11.9. The predicted octanol–water partition coefficient (Wildman–Crippen LogP) is 3.14. The SMILES string of the molecule is Cc1ccc(C(=O)NNC(=O)COC(=O)/C=C/c2ccc(C(C)C)cc2)cc1. The second-order valence-corrected chi connectivity index (χ2v) is 6.63. The zero-order valence-corrected chi connectivity index (χ0v) is 16.2. The Kier molecular flexibility index (Phi) is 7.51. The van der Waals surface area contributed by atoms with Crippen LogP contribution in [0.4, 0.5) is 0 Å². The van der Waals surface area contributed by atoms with Crippen LogP contribution in [0.2, 0.25) is 0 Å². The molecule has 28 heavy (non-hydrogen) atoms. The van der Waals surface area contributed by atoms with E-state index in [9.17, 15) is 14.4 Å². The van der Waals surface area contributed by atoms with Gasteiger partial charge in [0.2, 0.25) is 0 Å². The summed E-state index contributed by atoms with van der Waals surface area (Å²) in [6, 6.07) is 14.7. The molecule has 0 aromatic heterocycles. The summed E-state index contributed by atoms with van der Waals surface area (Å²) in [4.78, 5) is 35.3. The van der Waals surface area contributed by atoms with Crippen molar-refractivity contribution in [3.05, 3.63) is 76.9 Å². The van der Waals surface area contributed by atoms with Crippen molar-refractivity contribution in [2.24, 2.45) is 0 Å². The van der Waals surface area contributed by atoms with Crippen molar-refractivity contribution < 1.29 is 19.1 Å². The molecule has 0 radical (unpaired) electrons. The van der Waals surface area contributed by atoms with Gasteiger partial charge in [0.15, 0.2) is 6.61 Å². The Hall–Kier alpha value is -3.41. The van der Waals surface area contributed by atoms with E-state index in [4.69, 9.17) is 4.74 Å². The lowest BCUT2D eigenvalue weighted by molar-refractivity contribution is -0.144. The average molecular weight is 380 g/mol. The molecule has 0 aliphatic heterocycles. The summed E-state index contributed by atoms with van der Waals surface area (Å²) in [6.45, 7) is 5.63. The largest absolute Gasteiger partial charge is 0.452 e. The van der Waals surface area contributed by atoms with Gasteiger partial charge in [-0.15, -0.1) is 0 Å². The van der Waals surface area contributed by atoms with Gasteiger partial charge in [0, 0.05) is 11.6 Å². The number of ether oxygens (including phenoxy) is 1. The van der Waals surface area contributed by atoms with Gasteiger partial charge < -0.3 is 4.74 Å². The van der Waals surface area contributed by atoms with E-state index in [2.05, 4.69) is 24.7 Å². The normalized spacial score (nSPS) is 10.7. The van der Waals surface area contributed by atoms with E-state index in [1.54, 1.807) is 30.3 Å². The summed E-state index contributed by atoms with van der Waals surface area (Å²) in [7, 11) is 0. The van der Waals surface area contributed by atoms with Crippen LogP contribution < -0.4 is 10.9 Å². The number of carbonyl (C=O) groups excluding carboxylic acids is 3. The maximum Gasteiger partial charge on any atom is 0.331 e. The number of esters is 1. The summed E-state index contributed by atoms with van der Waals surface area (Å²) < 4.78 is 4.85. The third-order valence-corrected chi connectivity index (χ3v) is 3.99. The molecule has 0 aliphatic carbocycles. The highest BCUT2D eigenvalue weighted by atomic mass is 16.5. The Labute approximate surface area is 164 Å². The van der Waals surface area contributed by atoms with Crippen molar-refractivity contribution in [2.45, 2.75) is 26.7 Å². The molecule has 2 aromatic carbocycles. The van der Waals surface area contributed by atoms with Crippen molar-refractivity contribution in [1.29, 1.82) is 0 Å². The van der Waals surface area contributed by atoms with Gasteiger partial charge in [-0.25, -0.2) is 4.79 Å². The molecule has 0 atom stereocenters. The number of hydrogen-bond donors (Lipinski definition) is 2. The molecule has 0 unspecified atom stereocenters. The Morgan fingerprint density at radius 3 is 2.21 bits per heavy atom. The average Bonchev–Trinajstić information content (AvgIpc) is 2.69. The summed E-state index contributed by atoms with van der Waals surface area (Å²) in [5, 5.41) is 0. The van der Waals surface area contributed by atoms with Gasteiger partial charge >= 0.3 is 5.97 Å². The van der Waals surface area contributed by atoms with Gasteiger partial charge in [-0.1, -0.05) is 55.8 Å². The van der Waals surface area contributed by atoms with Crippen molar-refractivity contribution in [1.82, 2.24) is 10.9 Å². The van der Waals surface area contributed by atoms with E-state index in [0.29, 0.717) is 11.5 Å². The molecular weight excluding hydrogens is 356 g/mol. The number of hydrogen-bond acceptors (Lipinski definition) is 4. The minimum Gasteiger partial charge on any atom is -0.452 e. The van der Waals surface area contributed by atoms with Crippen LogP contribution in [0.5, 0.6) is 0 Å². The van der Waals surface area contributed by atoms with E-state index in [1.807, 2.05) is 31.2 Å². The molecule has 0 saturated carbocycles. The maximum atomic E-state index is 11.9. The summed E-state index contributed by atoms with van der Waals surface area (Å²) >= 11 is 0. The summed E-state index contributed by atoms with van der Waals surface area (Å²) in [5.74, 6) is -1.30. The van der Waals surface area contributed by atoms with E-state index in [0.717, 1.165) is 11.1 Å². The van der Waals surface area contributed by atoms with Gasteiger partial charge in [0.05, 0.1) is 0 Å². The zero-order chi connectivity index (χ0) is 20.5. The van der Waals surface area contributed by atoms with Gasteiger partial charge in [-0.05, 0) is 42.2 Å². The summed E-state index contributed by atoms with van der Waals surface area (Å²) in [6.07, 6.45) is 2.87. The monoisotopic (exact) mass is 380 g/mol. The van der Waals surface area contributed by atoms with Crippen LogP contribution in [0, 0.1) is 6.92 Å². The molecule has 0 spiro atoms. The van der Waals surface area contributed by atoms with Crippen LogP contribution >= 0.6 is 0 Å². The number of carbonyl (C=O) groups is 3. The second kappa shape index (κ2) is 10.1. The number of benzene rings is 2. The van der Waals surface area contributed by atoms with Gasteiger partial charge in [-0.3, -0.25) is 20.4 Å². The van der Waals surface area contributed by atoms with E-state index < -0.39 is 24.4 Å². The molecule has 2 aromatic rings. The number of amides is 2. The third-order valence-electron chi connectivity index (χ3n) is 3.99. The van der Waals surface area contributed by atoms with Crippen LogP contribution in [-0.4, -0.2) is 24.4 Å². The van der Waals surface area contributed by atoms with Gasteiger partial charge in [-0.2, -0.15) is 0 Å². The van der Waals surface area contributed by atoms with E-state index >= 15 is 0 Å². The van der Waals surface area contributed by atoms with Crippen LogP contribution in [0.15, 0.2) is 54.6 Å². The molecule has 2 N–H and O–H groups in total. The van der Waals surface area contributed by atoms with Crippen LogP contribution in [0.3, 0.4) is 0 Å². The Morgan fingerprint density at radius 1 is 0.964 bits per heavy atom. The Bertz CT molecular complexity index is 853. The Morgan fingerprint density at radius 2 is 1.61 bits per heavy atom. The molecule has 2 rings (SSSR count). The van der Waals surface area contributed by atoms with Crippen LogP contribution in [0.25, 0.3) is 6.08 Å². The molecule has 146 valence electrons. The summed E-state index contributed by atoms with van der Waals surface area (Å²) in [5.41, 5.74) is 7.97. The topological polar surface area (TPSA) is 84.5 Å². The minimum atomic E-state index is -0.645. The van der Waals surface area contributed by atoms with E-state index in [-0.39, 0.29) is 0 Å². The fourth-order valence-electron chi connectivity index (χ4n) is 2.28. The number of nitrogens with one attached hydrogen (secondary N) is 2. The smallest absolute Gasteiger partial charge is 0.331 e. The van der Waals surface area contributed by atoms with Crippen molar-refractivity contribution >= 4 is 23.9 Å². The van der Waals surface area contributed by atoms with Gasteiger partial charge in [0.1, 0.15) is 0 Å². The highest BCUT2D eigenvalue weighted by Crippen LogP contribution is 2.15. The van der Waals surface area contributed by atoms with Gasteiger partial charge in [0.25, 0.3) is 11.8 Å². The van der Waals surface area contributed by atoms with Crippen LogP contribution in [-0.2, 0) is 14.3 Å². The first-order valence-corrected chi connectivity index (χ1v) is 8.96. The predicted molar refractivity (Wildman–Crippen MR) is 107 cm³/mol. The molecule has 6 nitrogen and oxygen atoms in total. The molecule has 0 saturated heterocycles. The molecule has 6 heteroatoms. The zero-order valence-electron chi connectivity index (χ0n) is 16.2. The lowest BCUT2D eigenvalue weighted by Crippen LogP contribution is -2.43. The fourth-order valence-corrected chi connectivity index (χ4v) is 2.28. The Balaban J connectivity index is 1.73. The lowest BCUT2D eigenvalue weighted by Gasteiger charge is -2.07. The molecule has 2 amide bonds. The first kappa shape index (κ1) is 20.9. The molecule has 0 bridgehead atoms. The first-order valence-electron chi connectivity index (χ1n) is 8.96. The molecule has 0 aliphatic rings. The standard InChI is InChI=1S/C22H24N2O4/c1-15(2)18-11-6-17(7-12-18)8-13-21(26)28-14-20(25)23-24-22(27)19-9-4-16(3)5-10-19/h4-13,15H,14H2,1-3H3,(H,23,25)(H,24,27)/b13-8+. The van der Waals surface area contributed by atoms with Crippen molar-refractivity contribution in [3.8, 4) is 0 Å². The number of aryl methyl sites for hydroxylation is 1. The molecule has 0 heterocycles. The fraction of sp³-hybridized carbons (Fsp3) is 0.227. The third kappa shape index (κ3) is 6.72.